The van der Waals surface area contributed by atoms with Crippen molar-refractivity contribution in [3.05, 3.63) is 82.2 Å². The number of hydrogen-bond acceptors (Lipinski definition) is 2. The molecule has 0 fully saturated rings. The van der Waals surface area contributed by atoms with Gasteiger partial charge in [-0.25, -0.2) is 4.39 Å². The molecule has 2 aromatic carbocycles. The van der Waals surface area contributed by atoms with Crippen molar-refractivity contribution in [1.82, 2.24) is 5.32 Å². The number of nitrogens with one attached hydrogen (secondary N) is 1. The van der Waals surface area contributed by atoms with Crippen LogP contribution in [0.25, 0.3) is 0 Å². The molecule has 0 bridgehead atoms. The van der Waals surface area contributed by atoms with Crippen LogP contribution in [-0.4, -0.2) is 5.78 Å². The molecule has 20 heavy (non-hydrogen) atoms. The molecule has 0 heterocycles. The van der Waals surface area contributed by atoms with E-state index in [1.54, 1.807) is 30.5 Å². The van der Waals surface area contributed by atoms with E-state index in [0.29, 0.717) is 12.1 Å². The third-order valence-corrected chi connectivity index (χ3v) is 3.23. The summed E-state index contributed by atoms with van der Waals surface area (Å²) in [7, 11) is 0. The molecule has 0 atom stereocenters. The number of halogens is 2. The molecule has 2 nitrogen and oxygen atoms in total. The normalized spacial score (nSPS) is 10.7. The Bertz CT molecular complexity index is 605. The monoisotopic (exact) mass is 333 g/mol. The van der Waals surface area contributed by atoms with Crippen molar-refractivity contribution < 1.29 is 9.18 Å². The molecule has 1 N–H and O–H groups in total. The zero-order valence-electron chi connectivity index (χ0n) is 10.6. The Morgan fingerprint density at radius 1 is 1.10 bits per heavy atom. The van der Waals surface area contributed by atoms with Gasteiger partial charge >= 0.3 is 0 Å². The zero-order valence-corrected chi connectivity index (χ0v) is 12.2. The number of hydrogen-bond donors (Lipinski definition) is 1. The van der Waals surface area contributed by atoms with Gasteiger partial charge in [0.1, 0.15) is 5.82 Å². The van der Waals surface area contributed by atoms with Crippen molar-refractivity contribution in [1.29, 1.82) is 0 Å². The number of carbonyl (C=O) groups is 1. The van der Waals surface area contributed by atoms with Gasteiger partial charge in [0.15, 0.2) is 5.78 Å². The summed E-state index contributed by atoms with van der Waals surface area (Å²) in [4.78, 5) is 11.8. The topological polar surface area (TPSA) is 29.1 Å². The van der Waals surface area contributed by atoms with Crippen molar-refractivity contribution in [3.8, 4) is 0 Å². The first-order valence-electron chi connectivity index (χ1n) is 6.09. The minimum Gasteiger partial charge on any atom is -0.387 e. The Hall–Kier alpha value is -1.94. The first-order valence-corrected chi connectivity index (χ1v) is 6.89. The lowest BCUT2D eigenvalue weighted by molar-refractivity contribution is 0.104. The second-order valence-corrected chi connectivity index (χ2v) is 5.13. The lowest BCUT2D eigenvalue weighted by atomic mass is 10.1. The molecule has 0 unspecified atom stereocenters. The Morgan fingerprint density at radius 3 is 2.40 bits per heavy atom. The van der Waals surface area contributed by atoms with Crippen molar-refractivity contribution in [2.75, 3.05) is 0 Å². The van der Waals surface area contributed by atoms with E-state index in [1.165, 1.54) is 18.2 Å². The third kappa shape index (κ3) is 4.31. The summed E-state index contributed by atoms with van der Waals surface area (Å²) in [5, 5.41) is 3.00. The second kappa shape index (κ2) is 7.01. The van der Waals surface area contributed by atoms with E-state index in [1.807, 2.05) is 12.1 Å². The molecule has 0 spiro atoms. The Morgan fingerprint density at radius 2 is 1.75 bits per heavy atom. The van der Waals surface area contributed by atoms with Crippen molar-refractivity contribution in [2.45, 2.75) is 6.54 Å². The van der Waals surface area contributed by atoms with E-state index in [0.717, 1.165) is 10.0 Å². The van der Waals surface area contributed by atoms with Crippen LogP contribution in [0, 0.1) is 5.82 Å². The quantitative estimate of drug-likeness (QED) is 0.660. The van der Waals surface area contributed by atoms with Gasteiger partial charge in [-0.1, -0.05) is 28.1 Å². The average Bonchev–Trinajstić information content (AvgIpc) is 2.46. The van der Waals surface area contributed by atoms with Crippen LogP contribution in [0.3, 0.4) is 0 Å². The van der Waals surface area contributed by atoms with E-state index >= 15 is 0 Å². The average molecular weight is 334 g/mol. The highest BCUT2D eigenvalue weighted by Crippen LogP contribution is 2.11. The van der Waals surface area contributed by atoms with E-state index in [-0.39, 0.29) is 11.6 Å². The zero-order chi connectivity index (χ0) is 14.4. The van der Waals surface area contributed by atoms with Crippen LogP contribution in [0.5, 0.6) is 0 Å². The summed E-state index contributed by atoms with van der Waals surface area (Å²) in [5.41, 5.74) is 1.58. The summed E-state index contributed by atoms with van der Waals surface area (Å²) in [6, 6.07) is 13.4. The van der Waals surface area contributed by atoms with Gasteiger partial charge in [-0.15, -0.1) is 0 Å². The summed E-state index contributed by atoms with van der Waals surface area (Å²) in [5.74, 6) is -0.321. The fourth-order valence-corrected chi connectivity index (χ4v) is 1.89. The van der Waals surface area contributed by atoms with Gasteiger partial charge in [-0.2, -0.15) is 0 Å². The second-order valence-electron chi connectivity index (χ2n) is 4.21. The van der Waals surface area contributed by atoms with Crippen LogP contribution >= 0.6 is 15.9 Å². The lowest BCUT2D eigenvalue weighted by Crippen LogP contribution is -2.05. The molecule has 102 valence electrons. The highest BCUT2D eigenvalue weighted by Gasteiger charge is 2.00. The molecule has 0 aromatic heterocycles. The minimum absolute atomic E-state index is 0.0656. The van der Waals surface area contributed by atoms with E-state index in [4.69, 9.17) is 0 Å². The predicted octanol–water partition coefficient (Wildman–Crippen LogP) is 4.07. The number of ketones is 1. The van der Waals surface area contributed by atoms with E-state index in [2.05, 4.69) is 21.2 Å². The van der Waals surface area contributed by atoms with Gasteiger partial charge in [0.25, 0.3) is 0 Å². The molecule has 0 aliphatic carbocycles. The van der Waals surface area contributed by atoms with Gasteiger partial charge in [0.2, 0.25) is 0 Å². The fourth-order valence-electron chi connectivity index (χ4n) is 1.62. The van der Waals surface area contributed by atoms with Gasteiger partial charge in [0.05, 0.1) is 0 Å². The van der Waals surface area contributed by atoms with Crippen LogP contribution in [0.15, 0.2) is 65.3 Å². The maximum absolute atomic E-state index is 12.7. The molecular weight excluding hydrogens is 321 g/mol. The van der Waals surface area contributed by atoms with Crippen LogP contribution in [-0.2, 0) is 6.54 Å². The highest BCUT2D eigenvalue weighted by molar-refractivity contribution is 9.10. The molecule has 0 saturated heterocycles. The third-order valence-electron chi connectivity index (χ3n) is 2.70. The van der Waals surface area contributed by atoms with Gasteiger partial charge < -0.3 is 5.32 Å². The smallest absolute Gasteiger partial charge is 0.187 e. The summed E-state index contributed by atoms with van der Waals surface area (Å²) < 4.78 is 13.7. The molecule has 0 aliphatic rings. The Kier molecular flexibility index (Phi) is 5.07. The molecule has 0 saturated carbocycles. The van der Waals surface area contributed by atoms with E-state index < -0.39 is 0 Å². The summed E-state index contributed by atoms with van der Waals surface area (Å²) in [6.45, 7) is 0.546. The summed E-state index contributed by atoms with van der Waals surface area (Å²) >= 11 is 3.32. The first-order chi connectivity index (χ1) is 9.65. The van der Waals surface area contributed by atoms with Crippen LogP contribution in [0.2, 0.25) is 0 Å². The lowest BCUT2D eigenvalue weighted by Gasteiger charge is -2.01. The molecule has 0 radical (unpaired) electrons. The van der Waals surface area contributed by atoms with Gasteiger partial charge in [-0.3, -0.25) is 4.79 Å². The van der Waals surface area contributed by atoms with Crippen LogP contribution in [0.1, 0.15) is 15.9 Å². The molecule has 2 aromatic rings. The van der Waals surface area contributed by atoms with E-state index in [9.17, 15) is 9.18 Å². The standard InChI is InChI=1S/C16H13BrFNO/c17-14-5-3-13(4-6-14)16(20)9-10-19-11-12-1-7-15(18)8-2-12/h1-10,19H,11H2/b10-9+. The molecule has 0 amide bonds. The van der Waals surface area contributed by atoms with Gasteiger partial charge in [-0.05, 0) is 42.0 Å². The molecule has 0 aliphatic heterocycles. The van der Waals surface area contributed by atoms with Crippen molar-refractivity contribution >= 4 is 21.7 Å². The SMILES string of the molecule is O=C(/C=C/NCc1ccc(F)cc1)c1ccc(Br)cc1. The van der Waals surface area contributed by atoms with Crippen LogP contribution < -0.4 is 5.32 Å². The number of carbonyl (C=O) groups excluding carboxylic acids is 1. The number of benzene rings is 2. The molecular formula is C16H13BrFNO. The Balaban J connectivity index is 1.85. The van der Waals surface area contributed by atoms with Crippen molar-refractivity contribution in [3.63, 3.8) is 0 Å². The summed E-state index contributed by atoms with van der Waals surface area (Å²) in [6.07, 6.45) is 3.08. The highest BCUT2D eigenvalue weighted by atomic mass is 79.9. The van der Waals surface area contributed by atoms with Crippen LogP contribution in [0.4, 0.5) is 4.39 Å². The maximum Gasteiger partial charge on any atom is 0.187 e. The largest absolute Gasteiger partial charge is 0.387 e. The van der Waals surface area contributed by atoms with Crippen molar-refractivity contribution in [2.24, 2.45) is 0 Å². The fraction of sp³-hybridized carbons (Fsp3) is 0.0625. The maximum atomic E-state index is 12.7. The molecule has 2 rings (SSSR count). The number of rotatable bonds is 5. The predicted molar refractivity (Wildman–Crippen MR) is 80.9 cm³/mol. The first kappa shape index (κ1) is 14.5. The number of allylic oxidation sites excluding steroid dienone is 1. The molecule has 4 heteroatoms. The van der Waals surface area contributed by atoms with Gasteiger partial charge in [0, 0.05) is 28.9 Å². The Labute approximate surface area is 125 Å². The minimum atomic E-state index is -0.255.